The van der Waals surface area contributed by atoms with Crippen LogP contribution in [-0.4, -0.2) is 58.7 Å². The Hall–Kier alpha value is 0.120. The average molecular weight is 558 g/mol. The molecule has 0 atom stereocenters. The molecule has 1 aromatic rings. The second-order valence-electron chi connectivity index (χ2n) is 5.36. The molecule has 0 spiro atoms. The maximum Gasteiger partial charge on any atom is 0.358 e. The van der Waals surface area contributed by atoms with Crippen LogP contribution < -0.4 is 31.8 Å². The van der Waals surface area contributed by atoms with Gasteiger partial charge < -0.3 is 58.7 Å². The smallest absolute Gasteiger partial charge is 0.321 e. The van der Waals surface area contributed by atoms with E-state index in [1.807, 2.05) is 0 Å². The molecule has 0 unspecified atom stereocenters. The molecule has 1 aromatic carbocycles. The number of rotatable bonds is 6. The van der Waals surface area contributed by atoms with Crippen LogP contribution in [-0.2, 0) is 27.4 Å². The highest BCUT2D eigenvalue weighted by atomic mass is 31.2. The molecule has 0 aliphatic carbocycles. The van der Waals surface area contributed by atoms with Crippen LogP contribution in [0.15, 0.2) is 0 Å². The van der Waals surface area contributed by atoms with Crippen molar-refractivity contribution in [2.45, 2.75) is 0 Å². The molecule has 0 fully saturated rings. The highest BCUT2D eigenvalue weighted by Crippen LogP contribution is 2.51. The standard InChI is InChI=1S/C6H12O18P6/c7-25(8,9)1-2(26(10,11)12)4(28(16,17)18)6(30(22,23)24)5(29(19,20)21)3(1)27(13,14)15/h(H2,7,8,9)(H2,10,11,12)(H2,13,14,15)(H2,16,17,18)(H2,19,20,21)(H2,22,23,24). The topological polar surface area (TPSA) is 345 Å². The Morgan fingerprint density at radius 1 is 0.267 bits per heavy atom. The van der Waals surface area contributed by atoms with Crippen LogP contribution in [0.2, 0.25) is 0 Å². The van der Waals surface area contributed by atoms with Crippen molar-refractivity contribution in [2.75, 3.05) is 0 Å². The highest BCUT2D eigenvalue weighted by Gasteiger charge is 2.53. The zero-order valence-electron chi connectivity index (χ0n) is 13.5. The lowest BCUT2D eigenvalue weighted by atomic mass is 10.3. The minimum absolute atomic E-state index is 2.60. The van der Waals surface area contributed by atoms with Gasteiger partial charge in [-0.1, -0.05) is 0 Å². The summed E-state index contributed by atoms with van der Waals surface area (Å²) in [4.78, 5) is 113. The van der Waals surface area contributed by atoms with Crippen molar-refractivity contribution in [3.05, 3.63) is 0 Å². The highest BCUT2D eigenvalue weighted by molar-refractivity contribution is 7.77. The third kappa shape index (κ3) is 5.72. The molecule has 1 rings (SSSR count). The SMILES string of the molecule is O=P(O)(O)c1c(P(=O)(O)O)c(P(=O)(O)O)c(P(=O)(O)O)c(P(=O)(O)O)c1P(=O)(O)O. The summed E-state index contributed by atoms with van der Waals surface area (Å²) < 4.78 is 70.8. The number of benzene rings is 1. The Morgan fingerprint density at radius 2 is 0.333 bits per heavy atom. The molecule has 0 saturated carbocycles. The molecule has 24 heteroatoms. The molecule has 174 valence electrons. The first-order valence-electron chi connectivity index (χ1n) is 6.34. The van der Waals surface area contributed by atoms with Crippen LogP contribution in [0.1, 0.15) is 0 Å². The van der Waals surface area contributed by atoms with Crippen molar-refractivity contribution in [2.24, 2.45) is 0 Å². The summed E-state index contributed by atoms with van der Waals surface area (Å²) in [6, 6.07) is 0. The van der Waals surface area contributed by atoms with Crippen LogP contribution in [0.4, 0.5) is 0 Å². The summed E-state index contributed by atoms with van der Waals surface area (Å²) in [6.45, 7) is 0. The Bertz CT molecular complexity index is 914. The van der Waals surface area contributed by atoms with Gasteiger partial charge >= 0.3 is 45.6 Å². The lowest BCUT2D eigenvalue weighted by molar-refractivity contribution is 0.374. The van der Waals surface area contributed by atoms with Gasteiger partial charge in [0, 0.05) is 0 Å². The van der Waals surface area contributed by atoms with Crippen molar-refractivity contribution in [3.8, 4) is 0 Å². The predicted octanol–water partition coefficient (Wildman–Crippen LogP) is -5.50. The lowest BCUT2D eigenvalue weighted by Crippen LogP contribution is -2.59. The first kappa shape index (κ1) is 28.2. The van der Waals surface area contributed by atoms with E-state index in [-0.39, 0.29) is 0 Å². The van der Waals surface area contributed by atoms with Crippen LogP contribution in [0, 0.1) is 0 Å². The van der Waals surface area contributed by atoms with Gasteiger partial charge in [0.15, 0.2) is 0 Å². The van der Waals surface area contributed by atoms with Crippen LogP contribution in [0.5, 0.6) is 0 Å². The van der Waals surface area contributed by atoms with E-state index in [1.54, 1.807) is 0 Å². The fourth-order valence-corrected chi connectivity index (χ4v) is 12.2. The maximum absolute atomic E-state index is 11.8. The Kier molecular flexibility index (Phi) is 7.38. The summed E-state index contributed by atoms with van der Waals surface area (Å²) in [5.41, 5.74) is 0. The zero-order chi connectivity index (χ0) is 24.5. The van der Waals surface area contributed by atoms with Crippen molar-refractivity contribution >= 4 is 77.4 Å². The molecule has 30 heavy (non-hydrogen) atoms. The predicted molar refractivity (Wildman–Crippen MR) is 96.5 cm³/mol. The zero-order valence-corrected chi connectivity index (χ0v) is 18.9. The van der Waals surface area contributed by atoms with Gasteiger partial charge in [-0.3, -0.25) is 27.4 Å². The van der Waals surface area contributed by atoms with E-state index in [1.165, 1.54) is 0 Å². The molecule has 0 amide bonds. The third-order valence-corrected chi connectivity index (χ3v) is 10.3. The Labute approximate surface area is 164 Å². The monoisotopic (exact) mass is 558 g/mol. The van der Waals surface area contributed by atoms with Crippen molar-refractivity contribution in [3.63, 3.8) is 0 Å². The van der Waals surface area contributed by atoms with Crippen molar-refractivity contribution in [1.82, 2.24) is 0 Å². The fourth-order valence-electron chi connectivity index (χ4n) is 2.33. The quantitative estimate of drug-likeness (QED) is 0.145. The lowest BCUT2D eigenvalue weighted by Gasteiger charge is -2.27. The van der Waals surface area contributed by atoms with Crippen LogP contribution in [0.25, 0.3) is 0 Å². The first-order chi connectivity index (χ1) is 12.7. The normalized spacial score (nSPS) is 14.8. The van der Waals surface area contributed by atoms with E-state index >= 15 is 0 Å². The fraction of sp³-hybridized carbons (Fsp3) is 0. The molecular formula is C6H12O18P6. The van der Waals surface area contributed by atoms with Gasteiger partial charge in [-0.05, 0) is 0 Å². The minimum Gasteiger partial charge on any atom is -0.321 e. The van der Waals surface area contributed by atoms with Gasteiger partial charge in [0.2, 0.25) is 0 Å². The summed E-state index contributed by atoms with van der Waals surface area (Å²) in [5, 5.41) is -15.6. The number of hydrogen-bond acceptors (Lipinski definition) is 6. The largest absolute Gasteiger partial charge is 0.358 e. The van der Waals surface area contributed by atoms with E-state index in [9.17, 15) is 86.1 Å². The molecular weight excluding hydrogens is 546 g/mol. The van der Waals surface area contributed by atoms with E-state index < -0.39 is 77.4 Å². The molecule has 0 aromatic heterocycles. The van der Waals surface area contributed by atoms with Crippen LogP contribution in [0.3, 0.4) is 0 Å². The Balaban J connectivity index is 5.09. The van der Waals surface area contributed by atoms with Crippen molar-refractivity contribution < 1.29 is 86.1 Å². The summed E-state index contributed by atoms with van der Waals surface area (Å²) in [5.74, 6) is 0. The molecule has 0 aliphatic heterocycles. The second kappa shape index (κ2) is 7.86. The van der Waals surface area contributed by atoms with E-state index in [2.05, 4.69) is 0 Å². The maximum atomic E-state index is 11.8. The van der Waals surface area contributed by atoms with Crippen LogP contribution >= 0.6 is 45.6 Å². The van der Waals surface area contributed by atoms with Gasteiger partial charge in [-0.15, -0.1) is 0 Å². The Morgan fingerprint density at radius 3 is 0.367 bits per heavy atom. The van der Waals surface area contributed by atoms with Gasteiger partial charge in [-0.2, -0.15) is 0 Å². The summed E-state index contributed by atoms with van der Waals surface area (Å²) in [7, 11) is -38.9. The molecule has 0 saturated heterocycles. The summed E-state index contributed by atoms with van der Waals surface area (Å²) >= 11 is 0. The van der Waals surface area contributed by atoms with E-state index in [0.717, 1.165) is 0 Å². The molecule has 18 nitrogen and oxygen atoms in total. The molecule has 0 radical (unpaired) electrons. The molecule has 12 N–H and O–H groups in total. The van der Waals surface area contributed by atoms with Gasteiger partial charge in [0.25, 0.3) is 0 Å². The second-order valence-corrected chi connectivity index (χ2v) is 14.6. The molecule has 0 bridgehead atoms. The van der Waals surface area contributed by atoms with E-state index in [0.29, 0.717) is 0 Å². The third-order valence-electron chi connectivity index (χ3n) is 3.09. The van der Waals surface area contributed by atoms with Gasteiger partial charge in [0.1, 0.15) is 0 Å². The van der Waals surface area contributed by atoms with Gasteiger partial charge in [0.05, 0.1) is 31.8 Å². The summed E-state index contributed by atoms with van der Waals surface area (Å²) in [6.07, 6.45) is 0. The first-order valence-corrected chi connectivity index (χ1v) is 16.0. The molecule has 0 aliphatic rings. The van der Waals surface area contributed by atoms with Gasteiger partial charge in [-0.25, -0.2) is 0 Å². The number of hydrogen-bond donors (Lipinski definition) is 12. The molecule has 0 heterocycles. The minimum atomic E-state index is -6.48. The van der Waals surface area contributed by atoms with E-state index in [4.69, 9.17) is 0 Å². The van der Waals surface area contributed by atoms with Crippen molar-refractivity contribution in [1.29, 1.82) is 0 Å². The average Bonchev–Trinajstić information content (AvgIpc) is 2.37.